The third-order valence-corrected chi connectivity index (χ3v) is 4.30. The number of hydrogen-bond donors (Lipinski definition) is 2. The molecular weight excluding hydrogens is 297 g/mol. The van der Waals surface area contributed by atoms with Crippen LogP contribution < -0.4 is 0 Å². The molecule has 2 atom stereocenters. The van der Waals surface area contributed by atoms with Crippen molar-refractivity contribution in [1.82, 2.24) is 15.1 Å². The zero-order valence-corrected chi connectivity index (χ0v) is 13.0. The van der Waals surface area contributed by atoms with Gasteiger partial charge < -0.3 is 10.0 Å². The van der Waals surface area contributed by atoms with Gasteiger partial charge in [0.1, 0.15) is 5.82 Å². The summed E-state index contributed by atoms with van der Waals surface area (Å²) in [7, 11) is 0. The first-order valence-corrected chi connectivity index (χ1v) is 7.78. The van der Waals surface area contributed by atoms with Gasteiger partial charge in [-0.15, -0.1) is 0 Å². The molecule has 1 amide bonds. The monoisotopic (exact) mass is 317 g/mol. The highest BCUT2D eigenvalue weighted by molar-refractivity contribution is 5.99. The van der Waals surface area contributed by atoms with E-state index in [1.54, 1.807) is 23.1 Å². The summed E-state index contributed by atoms with van der Waals surface area (Å²) in [6, 6.07) is 6.30. The summed E-state index contributed by atoms with van der Waals surface area (Å²) in [4.78, 5) is 14.6. The van der Waals surface area contributed by atoms with E-state index in [0.29, 0.717) is 35.8 Å². The molecule has 1 saturated heterocycles. The minimum absolute atomic E-state index is 0.0691. The average Bonchev–Trinajstić information content (AvgIpc) is 3.03. The number of halogens is 1. The molecule has 122 valence electrons. The highest BCUT2D eigenvalue weighted by atomic mass is 19.1. The molecule has 2 heterocycles. The number of aliphatic hydroxyl groups is 1. The van der Waals surface area contributed by atoms with Crippen LogP contribution in [-0.4, -0.2) is 45.8 Å². The van der Waals surface area contributed by atoms with Crippen LogP contribution >= 0.6 is 0 Å². The van der Waals surface area contributed by atoms with Gasteiger partial charge in [-0.25, -0.2) is 4.39 Å². The first kappa shape index (κ1) is 15.7. The number of carbonyl (C=O) groups is 1. The highest BCUT2D eigenvalue weighted by Crippen LogP contribution is 2.27. The molecule has 1 aliphatic rings. The van der Waals surface area contributed by atoms with Gasteiger partial charge in [0.15, 0.2) is 0 Å². The molecule has 6 heteroatoms. The lowest BCUT2D eigenvalue weighted by atomic mass is 9.90. The van der Waals surface area contributed by atoms with Gasteiger partial charge in [-0.2, -0.15) is 5.10 Å². The molecule has 3 rings (SSSR count). The van der Waals surface area contributed by atoms with Crippen molar-refractivity contribution in [2.75, 3.05) is 19.7 Å². The number of nitrogens with one attached hydrogen (secondary N) is 1. The predicted molar refractivity (Wildman–Crippen MR) is 84.2 cm³/mol. The van der Waals surface area contributed by atoms with Crippen molar-refractivity contribution in [1.29, 1.82) is 0 Å². The number of H-pyrrole nitrogens is 1. The molecule has 1 aromatic heterocycles. The molecule has 5 nitrogen and oxygen atoms in total. The first-order chi connectivity index (χ1) is 11.1. The number of rotatable bonds is 3. The van der Waals surface area contributed by atoms with E-state index < -0.39 is 5.82 Å². The van der Waals surface area contributed by atoms with Crippen LogP contribution in [-0.2, 0) is 0 Å². The van der Waals surface area contributed by atoms with Crippen LogP contribution in [0, 0.1) is 17.7 Å². The van der Waals surface area contributed by atoms with Crippen LogP contribution in [0.3, 0.4) is 0 Å². The molecule has 23 heavy (non-hydrogen) atoms. The molecule has 1 aliphatic heterocycles. The number of nitrogens with zero attached hydrogens (tertiary/aromatic N) is 2. The Morgan fingerprint density at radius 2 is 2.22 bits per heavy atom. The van der Waals surface area contributed by atoms with Crippen molar-refractivity contribution in [3.8, 4) is 11.3 Å². The zero-order valence-electron chi connectivity index (χ0n) is 13.0. The maximum Gasteiger partial charge on any atom is 0.257 e. The van der Waals surface area contributed by atoms with Crippen molar-refractivity contribution in [2.24, 2.45) is 11.8 Å². The van der Waals surface area contributed by atoms with Crippen molar-refractivity contribution in [3.05, 3.63) is 41.8 Å². The lowest BCUT2D eigenvalue weighted by molar-refractivity contribution is 0.0534. The number of hydrogen-bond acceptors (Lipinski definition) is 3. The molecule has 1 fully saturated rings. The second kappa shape index (κ2) is 6.50. The van der Waals surface area contributed by atoms with Crippen molar-refractivity contribution in [3.63, 3.8) is 0 Å². The molecular formula is C17H20FN3O2. The van der Waals surface area contributed by atoms with Crippen LogP contribution in [0.2, 0.25) is 0 Å². The Morgan fingerprint density at radius 1 is 1.43 bits per heavy atom. The standard InChI is InChI=1S/C17H20FN3O2/c1-11-6-12(10-22)9-21(8-11)17(23)14-7-19-20-16(14)13-4-2-3-5-15(13)18/h2-5,7,11-12,22H,6,8-10H2,1H3,(H,19,20). The van der Waals surface area contributed by atoms with Crippen LogP contribution in [0.1, 0.15) is 23.7 Å². The van der Waals surface area contributed by atoms with Crippen molar-refractivity contribution < 1.29 is 14.3 Å². The number of aliphatic hydroxyl groups excluding tert-OH is 1. The van der Waals surface area contributed by atoms with E-state index in [2.05, 4.69) is 17.1 Å². The van der Waals surface area contributed by atoms with Crippen LogP contribution in [0.4, 0.5) is 4.39 Å². The Hall–Kier alpha value is -2.21. The normalized spacial score (nSPS) is 21.4. The Labute approximate surface area is 134 Å². The molecule has 0 saturated carbocycles. The molecule has 0 radical (unpaired) electrons. The van der Waals surface area contributed by atoms with Crippen LogP contribution in [0.5, 0.6) is 0 Å². The number of aromatic amines is 1. The third-order valence-electron chi connectivity index (χ3n) is 4.30. The SMILES string of the molecule is CC1CC(CO)CN(C(=O)c2cn[nH]c2-c2ccccc2F)C1. The van der Waals surface area contributed by atoms with Gasteiger partial charge in [0.25, 0.3) is 5.91 Å². The smallest absolute Gasteiger partial charge is 0.257 e. The van der Waals surface area contributed by atoms with Gasteiger partial charge in [-0.05, 0) is 30.4 Å². The van der Waals surface area contributed by atoms with Crippen molar-refractivity contribution >= 4 is 5.91 Å². The number of likely N-dealkylation sites (tertiary alicyclic amines) is 1. The lowest BCUT2D eigenvalue weighted by Gasteiger charge is -2.35. The summed E-state index contributed by atoms with van der Waals surface area (Å²) < 4.78 is 14.0. The Balaban J connectivity index is 1.90. The van der Waals surface area contributed by atoms with Gasteiger partial charge in [-0.1, -0.05) is 19.1 Å². The second-order valence-corrected chi connectivity index (χ2v) is 6.24. The van der Waals surface area contributed by atoms with E-state index in [9.17, 15) is 14.3 Å². The second-order valence-electron chi connectivity index (χ2n) is 6.24. The Bertz CT molecular complexity index is 701. The average molecular weight is 317 g/mol. The number of carbonyl (C=O) groups excluding carboxylic acids is 1. The van der Waals surface area contributed by atoms with Crippen LogP contribution in [0.25, 0.3) is 11.3 Å². The summed E-state index contributed by atoms with van der Waals surface area (Å²) >= 11 is 0. The fraction of sp³-hybridized carbons (Fsp3) is 0.412. The van der Waals surface area contributed by atoms with E-state index in [1.165, 1.54) is 12.3 Å². The third kappa shape index (κ3) is 3.12. The molecule has 2 N–H and O–H groups in total. The summed E-state index contributed by atoms with van der Waals surface area (Å²) in [5.74, 6) is -0.159. The fourth-order valence-electron chi connectivity index (χ4n) is 3.27. The van der Waals surface area contributed by atoms with Gasteiger partial charge in [0.05, 0.1) is 17.5 Å². The largest absolute Gasteiger partial charge is 0.396 e. The van der Waals surface area contributed by atoms with E-state index in [4.69, 9.17) is 0 Å². The first-order valence-electron chi connectivity index (χ1n) is 7.78. The van der Waals surface area contributed by atoms with Gasteiger partial charge in [0.2, 0.25) is 0 Å². The van der Waals surface area contributed by atoms with E-state index in [-0.39, 0.29) is 18.4 Å². The quantitative estimate of drug-likeness (QED) is 0.913. The molecule has 0 bridgehead atoms. The summed E-state index contributed by atoms with van der Waals surface area (Å²) in [6.07, 6.45) is 2.35. The van der Waals surface area contributed by atoms with Gasteiger partial charge >= 0.3 is 0 Å². The maximum atomic E-state index is 14.0. The molecule has 0 spiro atoms. The summed E-state index contributed by atoms with van der Waals surface area (Å²) in [5, 5.41) is 16.1. The maximum absolute atomic E-state index is 14.0. The number of benzene rings is 1. The molecule has 1 aromatic carbocycles. The number of amides is 1. The van der Waals surface area contributed by atoms with E-state index in [1.807, 2.05) is 0 Å². The van der Waals surface area contributed by atoms with E-state index in [0.717, 1.165) is 6.42 Å². The minimum Gasteiger partial charge on any atom is -0.396 e. The molecule has 2 aromatic rings. The van der Waals surface area contributed by atoms with Gasteiger partial charge in [0, 0.05) is 25.3 Å². The predicted octanol–water partition coefficient (Wildman–Crippen LogP) is 2.31. The van der Waals surface area contributed by atoms with Crippen LogP contribution in [0.15, 0.2) is 30.5 Å². The van der Waals surface area contributed by atoms with E-state index >= 15 is 0 Å². The topological polar surface area (TPSA) is 69.2 Å². The number of aromatic nitrogens is 2. The Kier molecular flexibility index (Phi) is 4.43. The summed E-state index contributed by atoms with van der Waals surface area (Å²) in [5.41, 5.74) is 1.09. The van der Waals surface area contributed by atoms with Crippen molar-refractivity contribution in [2.45, 2.75) is 13.3 Å². The van der Waals surface area contributed by atoms with Gasteiger partial charge in [-0.3, -0.25) is 9.89 Å². The Morgan fingerprint density at radius 3 is 2.96 bits per heavy atom. The lowest BCUT2D eigenvalue weighted by Crippen LogP contribution is -2.44. The molecule has 0 aliphatic carbocycles. The summed E-state index contributed by atoms with van der Waals surface area (Å²) in [6.45, 7) is 3.29. The molecule has 2 unspecified atom stereocenters. The number of piperidine rings is 1. The zero-order chi connectivity index (χ0) is 16.4. The fourth-order valence-corrected chi connectivity index (χ4v) is 3.27. The minimum atomic E-state index is -0.397. The highest BCUT2D eigenvalue weighted by Gasteiger charge is 2.30.